The average Bonchev–Trinajstić information content (AvgIpc) is 3.42. The number of piperazine rings is 1. The monoisotopic (exact) mass is 521 g/mol. The van der Waals surface area contributed by atoms with E-state index in [0.29, 0.717) is 6.54 Å². The fourth-order valence-corrected chi connectivity index (χ4v) is 3.61. The maximum Gasteiger partial charge on any atom is 0.194 e. The van der Waals surface area contributed by atoms with Crippen LogP contribution in [0.25, 0.3) is 5.69 Å². The number of guanidine groups is 1. The van der Waals surface area contributed by atoms with Crippen LogP contribution in [0.4, 0.5) is 0 Å². The minimum Gasteiger partial charge on any atom is -0.364 e. The summed E-state index contributed by atoms with van der Waals surface area (Å²) < 4.78 is 6.86. The third-order valence-electron chi connectivity index (χ3n) is 5.16. The molecular weight excluding hydrogens is 493 g/mol. The van der Waals surface area contributed by atoms with Gasteiger partial charge in [0.05, 0.1) is 17.1 Å². The lowest BCUT2D eigenvalue weighted by Crippen LogP contribution is -2.52. The Labute approximate surface area is 194 Å². The van der Waals surface area contributed by atoms with E-state index in [4.69, 9.17) is 4.52 Å². The number of aromatic nitrogens is 3. The van der Waals surface area contributed by atoms with Gasteiger partial charge in [-0.25, -0.2) is 4.68 Å². The molecule has 9 heteroatoms. The van der Waals surface area contributed by atoms with Gasteiger partial charge in [0, 0.05) is 58.6 Å². The minimum absolute atomic E-state index is 0. The summed E-state index contributed by atoms with van der Waals surface area (Å²) >= 11 is 0. The number of rotatable bonds is 5. The maximum atomic E-state index is 4.93. The molecule has 160 valence electrons. The van der Waals surface area contributed by atoms with Crippen LogP contribution >= 0.6 is 24.0 Å². The van der Waals surface area contributed by atoms with E-state index in [9.17, 15) is 0 Å². The summed E-state index contributed by atoms with van der Waals surface area (Å²) in [5.41, 5.74) is 4.25. The summed E-state index contributed by atoms with van der Waals surface area (Å²) in [4.78, 5) is 9.19. The molecule has 2 aromatic heterocycles. The van der Waals surface area contributed by atoms with Gasteiger partial charge < -0.3 is 14.7 Å². The highest BCUT2D eigenvalue weighted by molar-refractivity contribution is 14.0. The van der Waals surface area contributed by atoms with Crippen LogP contribution in [0.1, 0.15) is 17.0 Å². The van der Waals surface area contributed by atoms with E-state index in [1.165, 1.54) is 5.56 Å². The predicted molar refractivity (Wildman–Crippen MR) is 127 cm³/mol. The van der Waals surface area contributed by atoms with E-state index in [2.05, 4.69) is 48.6 Å². The third kappa shape index (κ3) is 5.39. The maximum absolute atomic E-state index is 4.93. The lowest BCUT2D eigenvalue weighted by atomic mass is 10.2. The van der Waals surface area contributed by atoms with Crippen molar-refractivity contribution in [2.45, 2.75) is 20.0 Å². The Morgan fingerprint density at radius 3 is 2.60 bits per heavy atom. The molecule has 0 atom stereocenters. The van der Waals surface area contributed by atoms with Gasteiger partial charge in [-0.3, -0.25) is 9.89 Å². The van der Waals surface area contributed by atoms with Crippen molar-refractivity contribution in [3.05, 3.63) is 65.8 Å². The molecule has 0 spiro atoms. The second kappa shape index (κ2) is 10.6. The van der Waals surface area contributed by atoms with Gasteiger partial charge in [0.1, 0.15) is 6.26 Å². The molecule has 4 rings (SSSR count). The van der Waals surface area contributed by atoms with E-state index in [1.54, 1.807) is 6.26 Å². The molecule has 0 radical (unpaired) electrons. The molecule has 0 unspecified atom stereocenters. The van der Waals surface area contributed by atoms with E-state index in [-0.39, 0.29) is 24.0 Å². The van der Waals surface area contributed by atoms with Crippen molar-refractivity contribution in [1.29, 1.82) is 0 Å². The first-order valence-electron chi connectivity index (χ1n) is 9.90. The Morgan fingerprint density at radius 2 is 1.93 bits per heavy atom. The van der Waals surface area contributed by atoms with Crippen molar-refractivity contribution >= 4 is 29.9 Å². The van der Waals surface area contributed by atoms with Crippen molar-refractivity contribution in [3.63, 3.8) is 0 Å². The normalized spacial score (nSPS) is 15.1. The van der Waals surface area contributed by atoms with Gasteiger partial charge >= 0.3 is 0 Å². The molecular formula is C21H28IN7O. The summed E-state index contributed by atoms with van der Waals surface area (Å²) in [5.74, 6) is 0.928. The van der Waals surface area contributed by atoms with Crippen LogP contribution in [0.3, 0.4) is 0 Å². The van der Waals surface area contributed by atoms with Crippen LogP contribution in [-0.2, 0) is 13.1 Å². The molecule has 0 saturated carbocycles. The quantitative estimate of drug-likeness (QED) is 0.316. The first kappa shape index (κ1) is 22.3. The van der Waals surface area contributed by atoms with Crippen molar-refractivity contribution in [2.24, 2.45) is 4.99 Å². The summed E-state index contributed by atoms with van der Waals surface area (Å²) in [5, 5.41) is 12.1. The lowest BCUT2D eigenvalue weighted by Gasteiger charge is -2.36. The fraction of sp³-hybridized carbons (Fsp3) is 0.381. The van der Waals surface area contributed by atoms with Gasteiger partial charge in [0.2, 0.25) is 0 Å². The topological polar surface area (TPSA) is 74.7 Å². The zero-order valence-electron chi connectivity index (χ0n) is 17.4. The zero-order chi connectivity index (χ0) is 20.1. The number of nitrogens with one attached hydrogen (secondary N) is 1. The van der Waals surface area contributed by atoms with Crippen molar-refractivity contribution < 1.29 is 4.52 Å². The number of hydrogen-bond acceptors (Lipinski definition) is 5. The largest absolute Gasteiger partial charge is 0.364 e. The number of benzene rings is 1. The lowest BCUT2D eigenvalue weighted by molar-refractivity contribution is 0.169. The Morgan fingerprint density at radius 1 is 1.13 bits per heavy atom. The second-order valence-electron chi connectivity index (χ2n) is 7.19. The number of aliphatic imine (C=N–C) groups is 1. The highest BCUT2D eigenvalue weighted by atomic mass is 127. The average molecular weight is 521 g/mol. The Bertz CT molecular complexity index is 946. The van der Waals surface area contributed by atoms with Gasteiger partial charge in [0.25, 0.3) is 0 Å². The SMILES string of the molecule is CN=C(NCc1ccccc1-n1ccc(C)n1)N1CCN(Cc2ccon2)CC1.I. The van der Waals surface area contributed by atoms with E-state index < -0.39 is 0 Å². The molecule has 1 aliphatic heterocycles. The van der Waals surface area contributed by atoms with E-state index >= 15 is 0 Å². The van der Waals surface area contributed by atoms with Gasteiger partial charge in [-0.05, 0) is 24.6 Å². The van der Waals surface area contributed by atoms with Gasteiger partial charge in [-0.2, -0.15) is 5.10 Å². The van der Waals surface area contributed by atoms with Crippen molar-refractivity contribution in [2.75, 3.05) is 33.2 Å². The standard InChI is InChI=1S/C21H27N7O.HI/c1-17-7-9-28(24-17)20-6-4-3-5-18(20)15-23-21(22-2)27-12-10-26(11-13-27)16-19-8-14-29-25-19;/h3-9,14H,10-13,15-16H2,1-2H3,(H,22,23);1H. The van der Waals surface area contributed by atoms with Crippen LogP contribution in [-0.4, -0.2) is 63.9 Å². The molecule has 1 aromatic carbocycles. The first-order valence-corrected chi connectivity index (χ1v) is 9.90. The smallest absolute Gasteiger partial charge is 0.194 e. The minimum atomic E-state index is 0. The molecule has 0 amide bonds. The van der Waals surface area contributed by atoms with Crippen LogP contribution in [0.15, 0.2) is 58.4 Å². The summed E-state index contributed by atoms with van der Waals surface area (Å²) in [6, 6.07) is 12.3. The number of aryl methyl sites for hydroxylation is 1. The molecule has 30 heavy (non-hydrogen) atoms. The molecule has 0 aliphatic carbocycles. The fourth-order valence-electron chi connectivity index (χ4n) is 3.61. The number of halogens is 1. The third-order valence-corrected chi connectivity index (χ3v) is 5.16. The van der Waals surface area contributed by atoms with E-state index in [1.807, 2.05) is 43.0 Å². The molecule has 0 bridgehead atoms. The van der Waals surface area contributed by atoms with Crippen molar-refractivity contribution in [3.8, 4) is 5.69 Å². The number of para-hydroxylation sites is 1. The molecule has 8 nitrogen and oxygen atoms in total. The Hall–Kier alpha value is -2.40. The number of nitrogens with zero attached hydrogens (tertiary/aromatic N) is 6. The molecule has 1 N–H and O–H groups in total. The van der Waals surface area contributed by atoms with E-state index in [0.717, 1.165) is 55.8 Å². The highest BCUT2D eigenvalue weighted by Crippen LogP contribution is 2.14. The first-order chi connectivity index (χ1) is 14.2. The Balaban J connectivity index is 0.00000256. The number of hydrogen-bond donors (Lipinski definition) is 1. The summed E-state index contributed by atoms with van der Waals surface area (Å²) in [6.07, 6.45) is 3.62. The van der Waals surface area contributed by atoms with Crippen LogP contribution in [0.5, 0.6) is 0 Å². The van der Waals surface area contributed by atoms with Gasteiger partial charge in [-0.15, -0.1) is 24.0 Å². The highest BCUT2D eigenvalue weighted by Gasteiger charge is 2.20. The van der Waals surface area contributed by atoms with Gasteiger partial charge in [-0.1, -0.05) is 23.4 Å². The summed E-state index contributed by atoms with van der Waals surface area (Å²) in [7, 11) is 1.84. The Kier molecular flexibility index (Phi) is 7.86. The molecule has 3 aromatic rings. The second-order valence-corrected chi connectivity index (χ2v) is 7.19. The van der Waals surface area contributed by atoms with Crippen LogP contribution in [0.2, 0.25) is 0 Å². The summed E-state index contributed by atoms with van der Waals surface area (Å²) in [6.45, 7) is 7.32. The molecule has 1 saturated heterocycles. The zero-order valence-corrected chi connectivity index (χ0v) is 19.7. The predicted octanol–water partition coefficient (Wildman–Crippen LogP) is 2.68. The van der Waals surface area contributed by atoms with Crippen LogP contribution in [0, 0.1) is 6.92 Å². The molecule has 1 aliphatic rings. The molecule has 3 heterocycles. The van der Waals surface area contributed by atoms with Gasteiger partial charge in [0.15, 0.2) is 5.96 Å². The van der Waals surface area contributed by atoms with Crippen LogP contribution < -0.4 is 5.32 Å². The molecule has 1 fully saturated rings. The van der Waals surface area contributed by atoms with Crippen molar-refractivity contribution in [1.82, 2.24) is 30.1 Å².